The lowest BCUT2D eigenvalue weighted by Gasteiger charge is -2.44. The molecule has 0 spiro atoms. The second kappa shape index (κ2) is 14.9. The first-order chi connectivity index (χ1) is 28.4. The van der Waals surface area contributed by atoms with Gasteiger partial charge >= 0.3 is 0 Å². The van der Waals surface area contributed by atoms with Crippen LogP contribution in [0.1, 0.15) is 99.4 Å². The number of aromatic nitrogens is 3. The number of hydrogen-bond donors (Lipinski definition) is 3. The minimum Gasteiger partial charge on any atom is -0.489 e. The average molecular weight is 804 g/mol. The number of benzene rings is 2. The average Bonchev–Trinajstić information content (AvgIpc) is 3.86. The Kier molecular flexibility index (Phi) is 9.66. The number of nitrogens with zero attached hydrogens (tertiary/aromatic N) is 7. The highest BCUT2D eigenvalue weighted by Crippen LogP contribution is 2.38. The van der Waals surface area contributed by atoms with E-state index in [0.717, 1.165) is 42.1 Å². The topological polar surface area (TPSA) is 199 Å². The van der Waals surface area contributed by atoms with Gasteiger partial charge in [0.05, 0.1) is 34.7 Å². The first-order valence-corrected chi connectivity index (χ1v) is 20.2. The van der Waals surface area contributed by atoms with Crippen LogP contribution >= 0.6 is 0 Å². The molecule has 17 heteroatoms. The van der Waals surface area contributed by atoms with Gasteiger partial charge in [0.1, 0.15) is 17.4 Å². The van der Waals surface area contributed by atoms with Crippen molar-refractivity contribution in [3.8, 4) is 5.75 Å². The first-order valence-electron chi connectivity index (χ1n) is 20.2. The summed E-state index contributed by atoms with van der Waals surface area (Å²) in [5.41, 5.74) is 2.90. The Morgan fingerprint density at radius 3 is 2.47 bits per heavy atom. The van der Waals surface area contributed by atoms with Gasteiger partial charge in [-0.25, -0.2) is 9.50 Å². The Hall–Kier alpha value is -6.20. The SMILES string of the molecule is CC(C)Oc1cc2c(cc1NC(=O)c1cnn3cccnc13)CN(C1CCN(CC3(O)CCN(c4ccc5c(c4)C(=O)N(C4CCC(=O)NC4=O)C5=O)CC3)CC1)C2=O. The number of fused-ring (bicyclic) bond motifs is 3. The maximum Gasteiger partial charge on any atom is 0.262 e. The van der Waals surface area contributed by atoms with E-state index in [0.29, 0.717) is 67.2 Å². The van der Waals surface area contributed by atoms with Crippen LogP contribution in [-0.2, 0) is 16.1 Å². The van der Waals surface area contributed by atoms with E-state index in [4.69, 9.17) is 4.74 Å². The van der Waals surface area contributed by atoms with E-state index in [1.165, 1.54) is 10.7 Å². The van der Waals surface area contributed by atoms with Gasteiger partial charge in [-0.2, -0.15) is 5.10 Å². The number of aliphatic hydroxyl groups is 1. The smallest absolute Gasteiger partial charge is 0.262 e. The molecule has 2 aromatic heterocycles. The van der Waals surface area contributed by atoms with Gasteiger partial charge in [-0.15, -0.1) is 0 Å². The Labute approximate surface area is 339 Å². The van der Waals surface area contributed by atoms with Crippen LogP contribution in [0.25, 0.3) is 5.65 Å². The predicted molar refractivity (Wildman–Crippen MR) is 212 cm³/mol. The molecule has 0 aliphatic carbocycles. The zero-order valence-corrected chi connectivity index (χ0v) is 32.8. The molecule has 0 saturated carbocycles. The number of rotatable bonds is 9. The Morgan fingerprint density at radius 2 is 1.73 bits per heavy atom. The first kappa shape index (κ1) is 38.3. The molecule has 1 atom stereocenters. The van der Waals surface area contributed by atoms with Crippen molar-refractivity contribution in [2.45, 2.75) is 82.7 Å². The minimum absolute atomic E-state index is 0.0142. The summed E-state index contributed by atoms with van der Waals surface area (Å²) in [6, 6.07) is 9.38. The molecule has 3 fully saturated rings. The van der Waals surface area contributed by atoms with Crippen molar-refractivity contribution in [2.75, 3.05) is 42.9 Å². The molecule has 5 aliphatic heterocycles. The lowest BCUT2D eigenvalue weighted by Crippen LogP contribution is -2.54. The number of likely N-dealkylation sites (tertiary alicyclic amines) is 1. The summed E-state index contributed by atoms with van der Waals surface area (Å²) < 4.78 is 7.62. The standard InChI is InChI=1S/C42H45N9O8/c1-24(2)59-34-20-29-25(18-32(34)45-37(53)31-21-44-50-13-3-12-43-36(31)50)22-49(39(29)55)26-8-14-47(15-9-26)23-42(58)10-16-48(17-11-42)27-4-5-28-30(19-27)41(57)51(40(28)56)33-6-7-35(52)46-38(33)54/h3-5,12-13,18-21,24,26,33,58H,6-11,14-17,22-23H2,1-2H3,(H,45,53)(H,46,52,54). The zero-order valence-electron chi connectivity index (χ0n) is 32.8. The molecule has 1 unspecified atom stereocenters. The number of β-amino-alcohol motifs (C(OH)–C–C–N with tert-alkyl or cyclic N) is 1. The summed E-state index contributed by atoms with van der Waals surface area (Å²) in [6.07, 6.45) is 7.26. The molecule has 3 N–H and O–H groups in total. The van der Waals surface area contributed by atoms with Gasteiger partial charge in [0, 0.05) is 75.4 Å². The molecular formula is C42H45N9O8. The van der Waals surface area contributed by atoms with Gasteiger partial charge in [-0.1, -0.05) is 0 Å². The van der Waals surface area contributed by atoms with Gasteiger partial charge in [-0.05, 0) is 87.9 Å². The van der Waals surface area contributed by atoms with Crippen molar-refractivity contribution in [1.82, 2.24) is 34.6 Å². The maximum atomic E-state index is 13.8. The number of amides is 6. The summed E-state index contributed by atoms with van der Waals surface area (Å²) in [5, 5.41) is 21.1. The fraction of sp³-hybridized carbons (Fsp3) is 0.429. The Bertz CT molecular complexity index is 2410. The lowest BCUT2D eigenvalue weighted by atomic mass is 9.89. The number of carbonyl (C=O) groups is 6. The van der Waals surface area contributed by atoms with Gasteiger partial charge in [-0.3, -0.25) is 39.0 Å². The lowest BCUT2D eigenvalue weighted by molar-refractivity contribution is -0.136. The van der Waals surface area contributed by atoms with Crippen molar-refractivity contribution in [2.24, 2.45) is 0 Å². The van der Waals surface area contributed by atoms with Gasteiger partial charge in [0.15, 0.2) is 5.65 Å². The molecule has 6 amide bonds. The molecule has 59 heavy (non-hydrogen) atoms. The van der Waals surface area contributed by atoms with Crippen LogP contribution in [-0.4, -0.2) is 126 Å². The highest BCUT2D eigenvalue weighted by atomic mass is 16.5. The summed E-state index contributed by atoms with van der Waals surface area (Å²) in [7, 11) is 0. The molecular weight excluding hydrogens is 759 g/mol. The van der Waals surface area contributed by atoms with E-state index < -0.39 is 35.3 Å². The number of imide groups is 2. The van der Waals surface area contributed by atoms with Crippen LogP contribution in [0.4, 0.5) is 11.4 Å². The molecule has 3 saturated heterocycles. The molecule has 9 rings (SSSR count). The van der Waals surface area contributed by atoms with Crippen molar-refractivity contribution in [3.63, 3.8) is 0 Å². The van der Waals surface area contributed by atoms with Gasteiger partial charge < -0.3 is 29.9 Å². The maximum absolute atomic E-state index is 13.8. The van der Waals surface area contributed by atoms with E-state index in [2.05, 4.69) is 30.5 Å². The number of ether oxygens (including phenoxy) is 1. The second-order valence-electron chi connectivity index (χ2n) is 16.4. The van der Waals surface area contributed by atoms with E-state index in [1.807, 2.05) is 24.8 Å². The molecule has 2 aromatic carbocycles. The van der Waals surface area contributed by atoms with Crippen molar-refractivity contribution >= 4 is 52.5 Å². The minimum atomic E-state index is -1.02. The molecule has 7 heterocycles. The highest BCUT2D eigenvalue weighted by Gasteiger charge is 2.45. The van der Waals surface area contributed by atoms with Crippen LogP contribution in [0.3, 0.4) is 0 Å². The number of carbonyl (C=O) groups excluding carboxylic acids is 6. The monoisotopic (exact) mass is 803 g/mol. The molecule has 17 nitrogen and oxygen atoms in total. The predicted octanol–water partition coefficient (Wildman–Crippen LogP) is 2.62. The second-order valence-corrected chi connectivity index (χ2v) is 16.4. The van der Waals surface area contributed by atoms with Crippen molar-refractivity contribution < 1.29 is 38.6 Å². The number of nitrogens with one attached hydrogen (secondary N) is 2. The van der Waals surface area contributed by atoms with Gasteiger partial charge in [0.2, 0.25) is 11.8 Å². The van der Waals surface area contributed by atoms with Crippen LogP contribution in [0.5, 0.6) is 5.75 Å². The third-order valence-electron chi connectivity index (χ3n) is 12.2. The Balaban J connectivity index is 0.800. The van der Waals surface area contributed by atoms with Crippen LogP contribution in [0.2, 0.25) is 0 Å². The normalized spacial score (nSPS) is 21.1. The molecule has 4 aromatic rings. The van der Waals surface area contributed by atoms with E-state index in [1.54, 1.807) is 42.7 Å². The molecule has 306 valence electrons. The number of anilines is 2. The summed E-state index contributed by atoms with van der Waals surface area (Å²) in [5.74, 6) is -2.19. The molecule has 5 aliphatic rings. The van der Waals surface area contributed by atoms with E-state index >= 15 is 0 Å². The van der Waals surface area contributed by atoms with Gasteiger partial charge in [0.25, 0.3) is 23.6 Å². The highest BCUT2D eigenvalue weighted by molar-refractivity contribution is 6.23. The summed E-state index contributed by atoms with van der Waals surface area (Å²) >= 11 is 0. The Morgan fingerprint density at radius 1 is 0.966 bits per heavy atom. The zero-order chi connectivity index (χ0) is 41.2. The molecule has 0 radical (unpaired) electrons. The third-order valence-corrected chi connectivity index (χ3v) is 12.2. The largest absolute Gasteiger partial charge is 0.489 e. The number of piperidine rings is 3. The fourth-order valence-corrected chi connectivity index (χ4v) is 9.09. The van der Waals surface area contributed by atoms with Crippen LogP contribution in [0, 0.1) is 0 Å². The fourth-order valence-electron chi connectivity index (χ4n) is 9.09. The third kappa shape index (κ3) is 7.07. The van der Waals surface area contributed by atoms with E-state index in [9.17, 15) is 33.9 Å². The van der Waals surface area contributed by atoms with Crippen LogP contribution < -0.4 is 20.3 Å². The van der Waals surface area contributed by atoms with E-state index in [-0.39, 0.29) is 47.9 Å². The quantitative estimate of drug-likeness (QED) is 0.210. The van der Waals surface area contributed by atoms with Crippen molar-refractivity contribution in [1.29, 1.82) is 0 Å². The number of hydrogen-bond acceptors (Lipinski definition) is 12. The summed E-state index contributed by atoms with van der Waals surface area (Å²) in [4.78, 5) is 89.4. The summed E-state index contributed by atoms with van der Waals surface area (Å²) in [6.45, 7) is 7.23. The van der Waals surface area contributed by atoms with Crippen molar-refractivity contribution in [3.05, 3.63) is 82.8 Å². The molecule has 0 bridgehead atoms. The van der Waals surface area contributed by atoms with Crippen LogP contribution in [0.15, 0.2) is 55.0 Å².